The number of hydrazine groups is 1. The highest BCUT2D eigenvalue weighted by atomic mass is 32.2. The molecule has 4 rings (SSSR count). The molecule has 0 saturated carbocycles. The van der Waals surface area contributed by atoms with Crippen molar-refractivity contribution in [3.05, 3.63) is 23.5 Å². The van der Waals surface area contributed by atoms with E-state index in [0.717, 1.165) is 0 Å². The summed E-state index contributed by atoms with van der Waals surface area (Å²) in [7, 11) is 0. The zero-order valence-electron chi connectivity index (χ0n) is 16.7. The molecule has 0 aromatic heterocycles. The summed E-state index contributed by atoms with van der Waals surface area (Å²) < 4.78 is 5.21. The number of amides is 2. The lowest BCUT2D eigenvalue weighted by Gasteiger charge is -2.49. The molecular formula is C18H22N6O5S. The van der Waals surface area contributed by atoms with Crippen LogP contribution in [0.5, 0.6) is 0 Å². The zero-order valence-corrected chi connectivity index (χ0v) is 17.5. The number of aliphatic imine (C=N–C) groups is 2. The molecule has 2 N–H and O–H groups in total. The maximum Gasteiger partial charge on any atom is 0.408 e. The molecule has 1 saturated heterocycles. The fourth-order valence-electron chi connectivity index (χ4n) is 3.49. The van der Waals surface area contributed by atoms with Crippen molar-refractivity contribution in [2.24, 2.45) is 9.98 Å². The van der Waals surface area contributed by atoms with Crippen LogP contribution in [0.25, 0.3) is 0 Å². The Morgan fingerprint density at radius 2 is 2.17 bits per heavy atom. The SMILES string of the molecule is CC(C)(C)OC(=O)N[C@@H]1C(=O)N2C(C(=O)O)=C(CN3CN=C4N=CC=CN43)CS[C@@H]12. The number of carbonyl (C=O) groups is 3. The lowest BCUT2D eigenvalue weighted by atomic mass is 10.0. The highest BCUT2D eigenvalue weighted by Crippen LogP contribution is 2.40. The molecule has 2 amide bonds. The number of fused-ring (bicyclic) bond motifs is 2. The molecule has 2 atom stereocenters. The van der Waals surface area contributed by atoms with E-state index < -0.39 is 35.0 Å². The highest BCUT2D eigenvalue weighted by Gasteiger charge is 2.54. The lowest BCUT2D eigenvalue weighted by Crippen LogP contribution is -2.71. The Hall–Kier alpha value is -2.86. The molecule has 4 heterocycles. The summed E-state index contributed by atoms with van der Waals surface area (Å²) in [4.78, 5) is 46.5. The summed E-state index contributed by atoms with van der Waals surface area (Å²) >= 11 is 1.41. The van der Waals surface area contributed by atoms with Crippen molar-refractivity contribution in [1.29, 1.82) is 0 Å². The summed E-state index contributed by atoms with van der Waals surface area (Å²) in [5.41, 5.74) is -0.129. The van der Waals surface area contributed by atoms with Crippen molar-refractivity contribution < 1.29 is 24.2 Å². The van der Waals surface area contributed by atoms with E-state index >= 15 is 0 Å². The summed E-state index contributed by atoms with van der Waals surface area (Å²) in [6.45, 7) is 5.82. The second-order valence-electron chi connectivity index (χ2n) is 8.02. The molecule has 1 fully saturated rings. The average Bonchev–Trinajstić information content (AvgIpc) is 3.07. The summed E-state index contributed by atoms with van der Waals surface area (Å²) in [6, 6.07) is -0.818. The first kappa shape index (κ1) is 20.4. The van der Waals surface area contributed by atoms with Gasteiger partial charge in [0.1, 0.15) is 29.4 Å². The van der Waals surface area contributed by atoms with Gasteiger partial charge in [-0.05, 0) is 32.4 Å². The molecule has 0 aliphatic carbocycles. The number of nitrogens with zero attached hydrogens (tertiary/aromatic N) is 5. The highest BCUT2D eigenvalue weighted by molar-refractivity contribution is 8.00. The van der Waals surface area contributed by atoms with Gasteiger partial charge in [0, 0.05) is 24.7 Å². The summed E-state index contributed by atoms with van der Waals surface area (Å²) in [6.07, 6.45) is 4.50. The van der Waals surface area contributed by atoms with Gasteiger partial charge in [-0.2, -0.15) is 5.01 Å². The van der Waals surface area contributed by atoms with Gasteiger partial charge in [0.2, 0.25) is 5.96 Å². The van der Waals surface area contributed by atoms with Crippen LogP contribution in [0.3, 0.4) is 0 Å². The van der Waals surface area contributed by atoms with E-state index in [4.69, 9.17) is 4.74 Å². The third-order valence-electron chi connectivity index (χ3n) is 4.68. The van der Waals surface area contributed by atoms with Crippen molar-refractivity contribution in [3.63, 3.8) is 0 Å². The number of hydrogen-bond acceptors (Lipinski definition) is 9. The van der Waals surface area contributed by atoms with Crippen LogP contribution in [0.2, 0.25) is 0 Å². The van der Waals surface area contributed by atoms with E-state index in [9.17, 15) is 19.5 Å². The monoisotopic (exact) mass is 434 g/mol. The van der Waals surface area contributed by atoms with Gasteiger partial charge in [0.25, 0.3) is 5.91 Å². The molecule has 0 aromatic rings. The number of guanidine groups is 1. The number of nitrogens with one attached hydrogen (secondary N) is 1. The van der Waals surface area contributed by atoms with Crippen LogP contribution in [0.15, 0.2) is 33.5 Å². The van der Waals surface area contributed by atoms with Gasteiger partial charge >= 0.3 is 12.1 Å². The number of thioether (sulfide) groups is 1. The number of rotatable bonds is 4. The van der Waals surface area contributed by atoms with E-state index in [2.05, 4.69) is 15.3 Å². The standard InChI is InChI=1S/C18H22N6O5S/c1-18(2,3)29-17(28)21-11-13(25)24-12(15(26)27)10(8-30-14(11)24)7-22-9-20-16-19-5-4-6-23(16)22/h4-6,11,14H,7-9H2,1-3H3,(H,21,28)(H,26,27)/t11-,14+/m1/s1. The first-order valence-electron chi connectivity index (χ1n) is 9.34. The Morgan fingerprint density at radius 1 is 1.40 bits per heavy atom. The number of ether oxygens (including phenoxy) is 1. The van der Waals surface area contributed by atoms with Crippen molar-refractivity contribution >= 4 is 41.9 Å². The number of carboxylic acids is 1. The Labute approximate surface area is 177 Å². The van der Waals surface area contributed by atoms with E-state index in [1.165, 1.54) is 16.7 Å². The smallest absolute Gasteiger partial charge is 0.408 e. The second kappa shape index (κ2) is 7.43. The van der Waals surface area contributed by atoms with E-state index in [1.54, 1.807) is 44.3 Å². The van der Waals surface area contributed by atoms with Crippen LogP contribution in [-0.4, -0.2) is 86.2 Å². The second-order valence-corrected chi connectivity index (χ2v) is 9.12. The average molecular weight is 434 g/mol. The molecule has 0 bridgehead atoms. The van der Waals surface area contributed by atoms with Crippen molar-refractivity contribution in [1.82, 2.24) is 20.2 Å². The molecule has 0 spiro atoms. The quantitative estimate of drug-likeness (QED) is 0.615. The number of hydrogen-bond donors (Lipinski definition) is 2. The molecule has 4 aliphatic heterocycles. The molecule has 11 nitrogen and oxygen atoms in total. The molecule has 0 unspecified atom stereocenters. The molecule has 0 radical (unpaired) electrons. The fraction of sp³-hybridized carbons (Fsp3) is 0.500. The minimum Gasteiger partial charge on any atom is -0.477 e. The van der Waals surface area contributed by atoms with Crippen molar-refractivity contribution in [3.8, 4) is 0 Å². The van der Waals surface area contributed by atoms with Crippen LogP contribution in [0.4, 0.5) is 4.79 Å². The third-order valence-corrected chi connectivity index (χ3v) is 6.02. The molecule has 160 valence electrons. The van der Waals surface area contributed by atoms with Crippen LogP contribution in [0, 0.1) is 0 Å². The summed E-state index contributed by atoms with van der Waals surface area (Å²) in [5, 5.41) is 15.5. The Kier molecular flexibility index (Phi) is 5.06. The number of allylic oxidation sites excluding steroid dienone is 1. The zero-order chi connectivity index (χ0) is 21.6. The Morgan fingerprint density at radius 3 is 2.87 bits per heavy atom. The van der Waals surface area contributed by atoms with Gasteiger partial charge in [-0.3, -0.25) is 9.69 Å². The van der Waals surface area contributed by atoms with Crippen molar-refractivity contribution in [2.45, 2.75) is 37.8 Å². The number of carbonyl (C=O) groups excluding carboxylic acids is 2. The number of carboxylic acid groups (broad SMARTS) is 1. The maximum absolute atomic E-state index is 12.7. The van der Waals surface area contributed by atoms with Crippen molar-refractivity contribution in [2.75, 3.05) is 19.0 Å². The van der Waals surface area contributed by atoms with E-state index in [1.807, 2.05) is 5.01 Å². The Bertz CT molecular complexity index is 921. The first-order valence-corrected chi connectivity index (χ1v) is 10.4. The van der Waals surface area contributed by atoms with Gasteiger partial charge in [-0.25, -0.2) is 24.6 Å². The number of aliphatic carboxylic acids is 1. The van der Waals surface area contributed by atoms with Gasteiger partial charge < -0.3 is 15.2 Å². The van der Waals surface area contributed by atoms with Gasteiger partial charge in [0.15, 0.2) is 0 Å². The molecule has 12 heteroatoms. The largest absolute Gasteiger partial charge is 0.477 e. The lowest BCUT2D eigenvalue weighted by molar-refractivity contribution is -0.149. The van der Waals surface area contributed by atoms with Crippen LogP contribution in [-0.2, 0) is 14.3 Å². The van der Waals surface area contributed by atoms with Crippen LogP contribution < -0.4 is 5.32 Å². The minimum atomic E-state index is -1.17. The Balaban J connectivity index is 1.48. The van der Waals surface area contributed by atoms with Gasteiger partial charge in [-0.1, -0.05) is 0 Å². The van der Waals surface area contributed by atoms with E-state index in [0.29, 0.717) is 30.5 Å². The number of alkyl carbamates (subject to hydrolysis) is 1. The first-order chi connectivity index (χ1) is 14.2. The van der Waals surface area contributed by atoms with Gasteiger partial charge in [-0.15, -0.1) is 11.8 Å². The third kappa shape index (κ3) is 3.67. The van der Waals surface area contributed by atoms with Gasteiger partial charge in [0.05, 0.1) is 0 Å². The fourth-order valence-corrected chi connectivity index (χ4v) is 4.82. The summed E-state index contributed by atoms with van der Waals surface area (Å²) in [5.74, 6) is -0.687. The molecule has 0 aromatic carbocycles. The van der Waals surface area contributed by atoms with Crippen LogP contribution >= 0.6 is 11.8 Å². The predicted molar refractivity (Wildman–Crippen MR) is 109 cm³/mol. The normalized spacial score (nSPS) is 25.6. The van der Waals surface area contributed by atoms with E-state index in [-0.39, 0.29) is 5.70 Å². The molecule has 4 aliphatic rings. The minimum absolute atomic E-state index is 0.0380. The predicted octanol–water partition coefficient (Wildman–Crippen LogP) is 0.578. The van der Waals surface area contributed by atoms with Crippen LogP contribution in [0.1, 0.15) is 20.8 Å². The molecular weight excluding hydrogens is 412 g/mol. The maximum atomic E-state index is 12.7. The molecule has 30 heavy (non-hydrogen) atoms. The number of β-lactam (4-membered cyclic amide) rings is 1. The topological polar surface area (TPSA) is 127 Å².